The molecule has 5 nitrogen and oxygen atoms in total. The van der Waals surface area contributed by atoms with E-state index < -0.39 is 0 Å². The Kier molecular flexibility index (Phi) is 3.41. The van der Waals surface area contributed by atoms with E-state index in [-0.39, 0.29) is 17.8 Å². The van der Waals surface area contributed by atoms with Crippen molar-refractivity contribution in [3.05, 3.63) is 47.3 Å². The lowest BCUT2D eigenvalue weighted by Gasteiger charge is -2.19. The van der Waals surface area contributed by atoms with Gasteiger partial charge in [0.15, 0.2) is 0 Å². The molecule has 1 unspecified atom stereocenters. The smallest absolute Gasteiger partial charge is 0.310 e. The molecule has 2 aromatic rings. The van der Waals surface area contributed by atoms with Gasteiger partial charge in [0.1, 0.15) is 12.4 Å². The van der Waals surface area contributed by atoms with Gasteiger partial charge in [-0.3, -0.25) is 9.89 Å². The van der Waals surface area contributed by atoms with Crippen molar-refractivity contribution >= 4 is 5.97 Å². The van der Waals surface area contributed by atoms with Crippen LogP contribution in [0.4, 0.5) is 0 Å². The Hall–Kier alpha value is -2.30. The third-order valence-electron chi connectivity index (χ3n) is 3.90. The number of aromatic amines is 1. The van der Waals surface area contributed by atoms with Gasteiger partial charge in [-0.1, -0.05) is 18.2 Å². The molecular formula is C16H18N2O3. The molecule has 0 bridgehead atoms. The minimum atomic E-state index is -0.292. The lowest BCUT2D eigenvalue weighted by molar-refractivity contribution is -0.142. The molecule has 21 heavy (non-hydrogen) atoms. The summed E-state index contributed by atoms with van der Waals surface area (Å²) in [7, 11) is 0. The molecule has 0 saturated carbocycles. The second-order valence-corrected chi connectivity index (χ2v) is 5.36. The van der Waals surface area contributed by atoms with E-state index >= 15 is 0 Å². The lowest BCUT2D eigenvalue weighted by Crippen LogP contribution is -2.25. The Labute approximate surface area is 123 Å². The number of nitrogens with zero attached hydrogens (tertiary/aromatic N) is 1. The minimum Gasteiger partial charge on any atom is -0.492 e. The molecule has 1 aromatic heterocycles. The Morgan fingerprint density at radius 2 is 2.33 bits per heavy atom. The number of benzene rings is 1. The molecule has 1 N–H and O–H groups in total. The van der Waals surface area contributed by atoms with Crippen LogP contribution in [-0.4, -0.2) is 29.4 Å². The fraction of sp³-hybridized carbons (Fsp3) is 0.375. The number of carbonyl (C=O) groups excluding carboxylic acids is 1. The first-order valence-electron chi connectivity index (χ1n) is 7.06. The summed E-state index contributed by atoms with van der Waals surface area (Å²) < 4.78 is 10.9. The van der Waals surface area contributed by atoms with Crippen LogP contribution in [0, 0.1) is 0 Å². The fourth-order valence-electron chi connectivity index (χ4n) is 2.77. The Morgan fingerprint density at radius 3 is 3.05 bits per heavy atom. The summed E-state index contributed by atoms with van der Waals surface area (Å²) in [4.78, 5) is 11.7. The Balaban J connectivity index is 1.96. The van der Waals surface area contributed by atoms with E-state index in [2.05, 4.69) is 17.1 Å². The second kappa shape index (κ2) is 5.24. The van der Waals surface area contributed by atoms with Gasteiger partial charge in [0.25, 0.3) is 0 Å². The summed E-state index contributed by atoms with van der Waals surface area (Å²) in [5.74, 6) is 0.555. The zero-order valence-electron chi connectivity index (χ0n) is 12.2. The van der Waals surface area contributed by atoms with Gasteiger partial charge in [-0.25, -0.2) is 0 Å². The number of H-pyrrole nitrogens is 1. The highest BCUT2D eigenvalue weighted by Crippen LogP contribution is 2.44. The maximum absolute atomic E-state index is 11.7. The first kappa shape index (κ1) is 13.7. The maximum atomic E-state index is 11.7. The Bertz CT molecular complexity index is 652. The number of carbonyl (C=O) groups is 1. The van der Waals surface area contributed by atoms with Crippen molar-refractivity contribution in [1.82, 2.24) is 10.2 Å². The molecule has 0 spiro atoms. The highest BCUT2D eigenvalue weighted by atomic mass is 16.5. The van der Waals surface area contributed by atoms with Crippen LogP contribution in [0.5, 0.6) is 5.75 Å². The van der Waals surface area contributed by atoms with Crippen LogP contribution in [0.1, 0.15) is 30.7 Å². The normalized spacial score (nSPS) is 19.9. The van der Waals surface area contributed by atoms with Crippen molar-refractivity contribution in [1.29, 1.82) is 0 Å². The maximum Gasteiger partial charge on any atom is 0.310 e. The van der Waals surface area contributed by atoms with E-state index in [1.807, 2.05) is 24.3 Å². The molecule has 5 heteroatoms. The summed E-state index contributed by atoms with van der Waals surface area (Å²) in [6.45, 7) is 4.81. The number of ether oxygens (including phenoxy) is 2. The number of rotatable bonds is 4. The van der Waals surface area contributed by atoms with Crippen LogP contribution in [0.25, 0.3) is 0 Å². The molecule has 3 rings (SSSR count). The predicted molar refractivity (Wildman–Crippen MR) is 77.3 cm³/mol. The summed E-state index contributed by atoms with van der Waals surface area (Å²) in [6, 6.07) is 7.85. The Morgan fingerprint density at radius 1 is 1.48 bits per heavy atom. The van der Waals surface area contributed by atoms with Crippen LogP contribution in [0.15, 0.2) is 30.5 Å². The second-order valence-electron chi connectivity index (χ2n) is 5.36. The monoisotopic (exact) mass is 286 g/mol. The van der Waals surface area contributed by atoms with Gasteiger partial charge in [0.05, 0.1) is 24.1 Å². The molecule has 0 radical (unpaired) electrons. The average molecular weight is 286 g/mol. The van der Waals surface area contributed by atoms with Crippen LogP contribution >= 0.6 is 0 Å². The summed E-state index contributed by atoms with van der Waals surface area (Å²) in [5, 5.41) is 7.14. The number of aromatic nitrogens is 2. The van der Waals surface area contributed by atoms with Gasteiger partial charge in [-0.15, -0.1) is 0 Å². The lowest BCUT2D eigenvalue weighted by atomic mass is 9.81. The zero-order valence-corrected chi connectivity index (χ0v) is 12.2. The number of para-hydroxylation sites is 1. The quantitative estimate of drug-likeness (QED) is 0.875. The summed E-state index contributed by atoms with van der Waals surface area (Å²) >= 11 is 0. The van der Waals surface area contributed by atoms with Crippen LogP contribution < -0.4 is 4.74 Å². The molecule has 0 aliphatic carbocycles. The van der Waals surface area contributed by atoms with Gasteiger partial charge < -0.3 is 9.47 Å². The number of hydrogen-bond acceptors (Lipinski definition) is 4. The first-order chi connectivity index (χ1) is 10.1. The number of hydrogen-bond donors (Lipinski definition) is 1. The topological polar surface area (TPSA) is 64.2 Å². The predicted octanol–water partition coefficient (Wildman–Crippen LogP) is 2.21. The van der Waals surface area contributed by atoms with E-state index in [0.717, 1.165) is 22.6 Å². The fourth-order valence-corrected chi connectivity index (χ4v) is 2.77. The summed E-state index contributed by atoms with van der Waals surface area (Å²) in [5.41, 5.74) is 2.58. The van der Waals surface area contributed by atoms with Gasteiger partial charge in [0, 0.05) is 17.3 Å². The van der Waals surface area contributed by atoms with Gasteiger partial charge in [-0.2, -0.15) is 5.10 Å². The van der Waals surface area contributed by atoms with Gasteiger partial charge in [-0.05, 0) is 19.9 Å². The van der Waals surface area contributed by atoms with Crippen molar-refractivity contribution in [3.8, 4) is 5.75 Å². The molecule has 1 aromatic carbocycles. The standard InChI is InChI=1S/C16H18N2O3/c1-3-20-14(19)9-11-5-4-6-12-15(11)21-10-16(12,2)13-7-8-17-18-13/h4-8H,3,9-10H2,1-2H3,(H,17,18). The molecule has 0 amide bonds. The van der Waals surface area contributed by atoms with Crippen LogP contribution in [0.2, 0.25) is 0 Å². The molecule has 0 saturated heterocycles. The van der Waals surface area contributed by atoms with Crippen molar-refractivity contribution < 1.29 is 14.3 Å². The third kappa shape index (κ3) is 2.28. The highest BCUT2D eigenvalue weighted by Gasteiger charge is 2.40. The zero-order chi connectivity index (χ0) is 14.9. The van der Waals surface area contributed by atoms with E-state index in [1.54, 1.807) is 13.1 Å². The highest BCUT2D eigenvalue weighted by molar-refractivity contribution is 5.74. The molecule has 2 heterocycles. The molecule has 0 fully saturated rings. The molecule has 110 valence electrons. The van der Waals surface area contributed by atoms with Crippen molar-refractivity contribution in [2.75, 3.05) is 13.2 Å². The van der Waals surface area contributed by atoms with E-state index in [1.165, 1.54) is 0 Å². The molecular weight excluding hydrogens is 268 g/mol. The largest absolute Gasteiger partial charge is 0.492 e. The SMILES string of the molecule is CCOC(=O)Cc1cccc2c1OCC2(C)c1cc[nH]n1. The van der Waals surface area contributed by atoms with Crippen LogP contribution in [-0.2, 0) is 21.4 Å². The van der Waals surface area contributed by atoms with Gasteiger partial charge >= 0.3 is 5.97 Å². The van der Waals surface area contributed by atoms with Crippen molar-refractivity contribution in [3.63, 3.8) is 0 Å². The van der Waals surface area contributed by atoms with E-state index in [0.29, 0.717) is 13.2 Å². The van der Waals surface area contributed by atoms with E-state index in [4.69, 9.17) is 9.47 Å². The minimum absolute atomic E-state index is 0.230. The summed E-state index contributed by atoms with van der Waals surface area (Å²) in [6.07, 6.45) is 2.04. The van der Waals surface area contributed by atoms with Crippen molar-refractivity contribution in [2.45, 2.75) is 25.7 Å². The van der Waals surface area contributed by atoms with Gasteiger partial charge in [0.2, 0.25) is 0 Å². The molecule has 1 atom stereocenters. The molecule has 1 aliphatic heterocycles. The number of fused-ring (bicyclic) bond motifs is 1. The third-order valence-corrected chi connectivity index (χ3v) is 3.90. The number of esters is 1. The van der Waals surface area contributed by atoms with Crippen LogP contribution in [0.3, 0.4) is 0 Å². The first-order valence-corrected chi connectivity index (χ1v) is 7.06. The molecule has 1 aliphatic rings. The van der Waals surface area contributed by atoms with E-state index in [9.17, 15) is 4.79 Å². The average Bonchev–Trinajstić information content (AvgIpc) is 3.09. The number of nitrogens with one attached hydrogen (secondary N) is 1. The van der Waals surface area contributed by atoms with Crippen molar-refractivity contribution in [2.24, 2.45) is 0 Å².